The van der Waals surface area contributed by atoms with Gasteiger partial charge in [0.2, 0.25) is 5.91 Å². The van der Waals surface area contributed by atoms with E-state index in [1.54, 1.807) is 0 Å². The van der Waals surface area contributed by atoms with Crippen LogP contribution < -0.4 is 5.32 Å². The van der Waals surface area contributed by atoms with Crippen LogP contribution in [0.25, 0.3) is 0 Å². The first kappa shape index (κ1) is 45.1. The van der Waals surface area contributed by atoms with E-state index in [1.807, 2.05) is 12.2 Å². The molecule has 2 aliphatic heterocycles. The maximum Gasteiger partial charge on any atom is 0.220 e. The molecule has 0 aromatic rings. The van der Waals surface area contributed by atoms with E-state index >= 15 is 0 Å². The predicted octanol–water partition coefficient (Wildman–Crippen LogP) is 1.03. The molecular formula is C37H63NO13. The molecule has 2 rings (SSSR count). The zero-order valence-electron chi connectivity index (χ0n) is 30.1. The number of rotatable bonds is 24. The first-order chi connectivity index (χ1) is 24.6. The van der Waals surface area contributed by atoms with Crippen molar-refractivity contribution < 1.29 is 64.6 Å². The van der Waals surface area contributed by atoms with Gasteiger partial charge in [0, 0.05) is 6.42 Å². The van der Waals surface area contributed by atoms with Gasteiger partial charge in [-0.05, 0) is 38.5 Å². The first-order valence-corrected chi connectivity index (χ1v) is 18.4. The van der Waals surface area contributed by atoms with E-state index < -0.39 is 86.8 Å². The zero-order chi connectivity index (χ0) is 37.6. The second kappa shape index (κ2) is 25.8. The molecule has 294 valence electrons. The van der Waals surface area contributed by atoms with Gasteiger partial charge in [-0.3, -0.25) is 4.79 Å². The van der Waals surface area contributed by atoms with Crippen molar-refractivity contribution in [1.82, 2.24) is 5.32 Å². The Hall–Kier alpha value is -2.05. The van der Waals surface area contributed by atoms with Gasteiger partial charge in [0.25, 0.3) is 0 Å². The minimum absolute atomic E-state index is 0.179. The van der Waals surface area contributed by atoms with Crippen LogP contribution in [0.5, 0.6) is 0 Å². The number of aliphatic hydroxyl groups excluding tert-OH is 8. The lowest BCUT2D eigenvalue weighted by molar-refractivity contribution is -0.359. The van der Waals surface area contributed by atoms with Crippen molar-refractivity contribution in [1.29, 1.82) is 0 Å². The highest BCUT2D eigenvalue weighted by Crippen LogP contribution is 2.29. The summed E-state index contributed by atoms with van der Waals surface area (Å²) in [6.07, 6.45) is 8.08. The highest BCUT2D eigenvalue weighted by atomic mass is 16.7. The maximum atomic E-state index is 12.9. The number of ether oxygens (including phenoxy) is 4. The summed E-state index contributed by atoms with van der Waals surface area (Å²) in [6.45, 7) is 2.48. The topological polar surface area (TPSA) is 228 Å². The van der Waals surface area contributed by atoms with Crippen LogP contribution in [0.15, 0.2) is 48.6 Å². The van der Waals surface area contributed by atoms with Crippen LogP contribution in [-0.4, -0.2) is 140 Å². The summed E-state index contributed by atoms with van der Waals surface area (Å²) < 4.78 is 22.4. The molecule has 12 unspecified atom stereocenters. The predicted molar refractivity (Wildman–Crippen MR) is 189 cm³/mol. The molecule has 0 aliphatic carbocycles. The number of carbonyl (C=O) groups excluding carboxylic acids is 1. The molecule has 0 radical (unpaired) electrons. The maximum absolute atomic E-state index is 12.9. The standard InChI is InChI=1S/C37H63NO13/c1-3-5-7-9-10-11-12-13-14-15-16-17-19-21-29(42)38-25(26(41)20-18-8-6-4-2)24-48-36-34(47)32(45)35(28(23-40)50-36)51-37-33(46)31(44)30(43)27(22-39)49-37/h5,7,10-11,13-14,16-17,25-28,30-37,39-41,43-47H,3-4,6,8-9,12,15,18-24H2,1-2H3,(H,38,42)/b7-5-,11-10-,14-13-,17-16-. The smallest absolute Gasteiger partial charge is 0.220 e. The molecule has 14 nitrogen and oxygen atoms in total. The Morgan fingerprint density at radius 2 is 1.31 bits per heavy atom. The zero-order valence-corrected chi connectivity index (χ0v) is 30.1. The SMILES string of the molecule is CC/C=C\C/C=C\C/C=C\C/C=C\CCC(=O)NC(COC1OC(CO)C(OC2OC(CO)C(O)C(O)C2O)C(O)C1O)C(O)CCCCCC. The molecule has 2 saturated heterocycles. The van der Waals surface area contributed by atoms with Crippen molar-refractivity contribution in [2.24, 2.45) is 0 Å². The van der Waals surface area contributed by atoms with Gasteiger partial charge in [-0.15, -0.1) is 0 Å². The van der Waals surface area contributed by atoms with Crippen molar-refractivity contribution >= 4 is 5.91 Å². The summed E-state index contributed by atoms with van der Waals surface area (Å²) in [4.78, 5) is 12.9. The fourth-order valence-electron chi connectivity index (χ4n) is 5.71. The average Bonchev–Trinajstić information content (AvgIpc) is 3.12. The number of aliphatic hydroxyl groups is 8. The van der Waals surface area contributed by atoms with Crippen LogP contribution in [0.1, 0.15) is 84.5 Å². The van der Waals surface area contributed by atoms with E-state index in [0.29, 0.717) is 12.8 Å². The molecule has 9 N–H and O–H groups in total. The molecule has 2 fully saturated rings. The Morgan fingerprint density at radius 3 is 1.92 bits per heavy atom. The number of hydrogen-bond acceptors (Lipinski definition) is 13. The minimum atomic E-state index is -1.79. The van der Waals surface area contributed by atoms with E-state index in [0.717, 1.165) is 51.4 Å². The highest BCUT2D eigenvalue weighted by Gasteiger charge is 2.50. The van der Waals surface area contributed by atoms with Crippen LogP contribution in [0, 0.1) is 0 Å². The van der Waals surface area contributed by atoms with E-state index in [9.17, 15) is 45.6 Å². The summed E-state index contributed by atoms with van der Waals surface area (Å²) in [5.41, 5.74) is 0. The Labute approximate surface area is 302 Å². The van der Waals surface area contributed by atoms with Crippen LogP contribution in [0.3, 0.4) is 0 Å². The van der Waals surface area contributed by atoms with Gasteiger partial charge < -0.3 is 65.1 Å². The molecular weight excluding hydrogens is 666 g/mol. The normalized spacial score (nSPS) is 31.6. The molecule has 51 heavy (non-hydrogen) atoms. The van der Waals surface area contributed by atoms with Gasteiger partial charge in [0.1, 0.15) is 48.8 Å². The average molecular weight is 730 g/mol. The number of amides is 1. The van der Waals surface area contributed by atoms with Crippen LogP contribution >= 0.6 is 0 Å². The monoisotopic (exact) mass is 729 g/mol. The molecule has 14 heteroatoms. The van der Waals surface area contributed by atoms with Crippen molar-refractivity contribution in [2.45, 2.75) is 158 Å². The largest absolute Gasteiger partial charge is 0.394 e. The number of allylic oxidation sites excluding steroid dienone is 8. The van der Waals surface area contributed by atoms with Crippen molar-refractivity contribution in [3.8, 4) is 0 Å². The van der Waals surface area contributed by atoms with E-state index in [1.165, 1.54) is 0 Å². The quantitative estimate of drug-likeness (QED) is 0.0500. The van der Waals surface area contributed by atoms with Gasteiger partial charge in [0.05, 0.1) is 32.0 Å². The third kappa shape index (κ3) is 15.8. The van der Waals surface area contributed by atoms with E-state index in [2.05, 4.69) is 55.6 Å². The number of unbranched alkanes of at least 4 members (excludes halogenated alkanes) is 3. The minimum Gasteiger partial charge on any atom is -0.394 e. The van der Waals surface area contributed by atoms with Gasteiger partial charge in [-0.25, -0.2) is 0 Å². The fourth-order valence-corrected chi connectivity index (χ4v) is 5.71. The molecule has 0 aromatic heterocycles. The van der Waals surface area contributed by atoms with E-state index in [4.69, 9.17) is 18.9 Å². The molecule has 2 heterocycles. The van der Waals surface area contributed by atoms with Gasteiger partial charge in [-0.2, -0.15) is 0 Å². The van der Waals surface area contributed by atoms with Gasteiger partial charge >= 0.3 is 0 Å². The highest BCUT2D eigenvalue weighted by molar-refractivity contribution is 5.76. The molecule has 0 bridgehead atoms. The molecule has 0 spiro atoms. The second-order valence-corrected chi connectivity index (χ2v) is 13.0. The summed E-state index contributed by atoms with van der Waals surface area (Å²) in [5.74, 6) is -0.301. The lowest BCUT2D eigenvalue weighted by Gasteiger charge is -2.46. The third-order valence-corrected chi connectivity index (χ3v) is 8.82. The third-order valence-electron chi connectivity index (χ3n) is 8.82. The Balaban J connectivity index is 1.94. The Morgan fingerprint density at radius 1 is 0.725 bits per heavy atom. The molecule has 2 aliphatic rings. The number of hydrogen-bond donors (Lipinski definition) is 9. The van der Waals surface area contributed by atoms with Crippen LogP contribution in [-0.2, 0) is 23.7 Å². The first-order valence-electron chi connectivity index (χ1n) is 18.4. The fraction of sp³-hybridized carbons (Fsp3) is 0.757. The molecule has 1 amide bonds. The Kier molecular flexibility index (Phi) is 22.9. The lowest BCUT2D eigenvalue weighted by Crippen LogP contribution is -2.65. The van der Waals surface area contributed by atoms with Crippen LogP contribution in [0.2, 0.25) is 0 Å². The summed E-state index contributed by atoms with van der Waals surface area (Å²) in [5, 5.41) is 85.5. The lowest BCUT2D eigenvalue weighted by atomic mass is 9.97. The summed E-state index contributed by atoms with van der Waals surface area (Å²) in [6, 6.07) is -0.861. The summed E-state index contributed by atoms with van der Waals surface area (Å²) >= 11 is 0. The molecule has 12 atom stereocenters. The van der Waals surface area contributed by atoms with Gasteiger partial charge in [-0.1, -0.05) is 88.1 Å². The van der Waals surface area contributed by atoms with Crippen molar-refractivity contribution in [2.75, 3.05) is 19.8 Å². The molecule has 0 saturated carbocycles. The van der Waals surface area contributed by atoms with Crippen molar-refractivity contribution in [3.63, 3.8) is 0 Å². The van der Waals surface area contributed by atoms with Gasteiger partial charge in [0.15, 0.2) is 12.6 Å². The summed E-state index contributed by atoms with van der Waals surface area (Å²) in [7, 11) is 0. The molecule has 0 aromatic carbocycles. The van der Waals surface area contributed by atoms with E-state index in [-0.39, 0.29) is 18.9 Å². The van der Waals surface area contributed by atoms with Crippen molar-refractivity contribution in [3.05, 3.63) is 48.6 Å². The second-order valence-electron chi connectivity index (χ2n) is 13.0. The number of carbonyl (C=O) groups is 1. The number of nitrogens with one attached hydrogen (secondary N) is 1. The van der Waals surface area contributed by atoms with Crippen LogP contribution in [0.4, 0.5) is 0 Å². The Bertz CT molecular complexity index is 1050.